The maximum atomic E-state index is 12.6. The van der Waals surface area contributed by atoms with Crippen molar-refractivity contribution in [3.8, 4) is 0 Å². The monoisotopic (exact) mass is 372 g/mol. The summed E-state index contributed by atoms with van der Waals surface area (Å²) in [6, 6.07) is 0. The average molecular weight is 372 g/mol. The van der Waals surface area contributed by atoms with Crippen molar-refractivity contribution in [2.24, 2.45) is 5.92 Å². The molecular formula is C18H27F3N4O. The summed E-state index contributed by atoms with van der Waals surface area (Å²) in [4.78, 5) is 18.4. The second-order valence-electron chi connectivity index (χ2n) is 5.20. The number of nitrogens with one attached hydrogen (secondary N) is 1. The molecule has 0 aliphatic carbocycles. The fourth-order valence-corrected chi connectivity index (χ4v) is 1.85. The van der Waals surface area contributed by atoms with E-state index in [1.54, 1.807) is 6.08 Å². The predicted molar refractivity (Wildman–Crippen MR) is 99.1 cm³/mol. The van der Waals surface area contributed by atoms with Crippen molar-refractivity contribution < 1.29 is 13.2 Å². The van der Waals surface area contributed by atoms with E-state index in [2.05, 4.69) is 21.6 Å². The maximum absolute atomic E-state index is 12.6. The highest BCUT2D eigenvalue weighted by molar-refractivity contribution is 5.73. The number of alkyl halides is 3. The Balaban J connectivity index is 0.00000113. The van der Waals surface area contributed by atoms with Crippen LogP contribution in [0.15, 0.2) is 35.8 Å². The van der Waals surface area contributed by atoms with Gasteiger partial charge in [0.05, 0.1) is 18.7 Å². The first-order chi connectivity index (χ1) is 12.2. The molecule has 0 aromatic carbocycles. The summed E-state index contributed by atoms with van der Waals surface area (Å²) in [5.41, 5.74) is -0.183. The molecule has 2 aromatic heterocycles. The third kappa shape index (κ3) is 6.85. The van der Waals surface area contributed by atoms with Crippen molar-refractivity contribution in [2.45, 2.75) is 53.8 Å². The van der Waals surface area contributed by atoms with E-state index in [9.17, 15) is 18.0 Å². The standard InChI is InChI=1S/C13H15F3N4O.C3H6.C2H6/c1-3-4-5-20-11-9(7-17-20)12(21)19-10(18-11)6-8(2)13(14,15)16;1-3-2;1-2/h3-4,7-8H,5-6H2,1-2H3,(H,18,19,21);3H,1H2,2H3;1-2H3/b4-3-;;. The first kappa shape index (κ1) is 23.6. The highest BCUT2D eigenvalue weighted by Crippen LogP contribution is 2.27. The van der Waals surface area contributed by atoms with Crippen molar-refractivity contribution in [1.82, 2.24) is 19.7 Å². The Morgan fingerprint density at radius 2 is 1.92 bits per heavy atom. The predicted octanol–water partition coefficient (Wildman–Crippen LogP) is 4.66. The number of fused-ring (bicyclic) bond motifs is 1. The van der Waals surface area contributed by atoms with Crippen molar-refractivity contribution in [3.05, 3.63) is 47.2 Å². The van der Waals surface area contributed by atoms with Crippen LogP contribution < -0.4 is 5.56 Å². The summed E-state index contributed by atoms with van der Waals surface area (Å²) in [7, 11) is 0. The van der Waals surface area contributed by atoms with E-state index >= 15 is 0 Å². The molecule has 0 saturated heterocycles. The second-order valence-corrected chi connectivity index (χ2v) is 5.20. The van der Waals surface area contributed by atoms with Crippen LogP contribution in [0, 0.1) is 5.92 Å². The van der Waals surface area contributed by atoms with Gasteiger partial charge in [-0.1, -0.05) is 39.0 Å². The Labute approximate surface area is 151 Å². The van der Waals surface area contributed by atoms with E-state index < -0.39 is 17.7 Å². The molecule has 0 saturated carbocycles. The Morgan fingerprint density at radius 1 is 1.35 bits per heavy atom. The van der Waals surface area contributed by atoms with Gasteiger partial charge in [-0.15, -0.1) is 6.58 Å². The first-order valence-electron chi connectivity index (χ1n) is 8.44. The quantitative estimate of drug-likeness (QED) is 0.794. The SMILES string of the molecule is C/C=C\Cn1ncc2c(=O)[nH]c(CC(C)C(F)(F)F)nc21.C=CC.CC. The van der Waals surface area contributed by atoms with Crippen LogP contribution in [-0.2, 0) is 13.0 Å². The van der Waals surface area contributed by atoms with E-state index in [-0.39, 0.29) is 17.6 Å². The van der Waals surface area contributed by atoms with Crippen LogP contribution in [0.1, 0.15) is 40.4 Å². The smallest absolute Gasteiger partial charge is 0.310 e. The molecule has 8 heteroatoms. The highest BCUT2D eigenvalue weighted by atomic mass is 19.4. The topological polar surface area (TPSA) is 63.6 Å². The van der Waals surface area contributed by atoms with Crippen LogP contribution in [0.5, 0.6) is 0 Å². The number of hydrogen-bond donors (Lipinski definition) is 1. The zero-order valence-electron chi connectivity index (χ0n) is 15.9. The van der Waals surface area contributed by atoms with Crippen molar-refractivity contribution in [1.29, 1.82) is 0 Å². The summed E-state index contributed by atoms with van der Waals surface area (Å²) < 4.78 is 39.2. The molecule has 0 bridgehead atoms. The Morgan fingerprint density at radius 3 is 2.42 bits per heavy atom. The molecule has 1 N–H and O–H groups in total. The van der Waals surface area contributed by atoms with E-state index in [1.807, 2.05) is 39.8 Å². The zero-order valence-corrected chi connectivity index (χ0v) is 15.9. The van der Waals surface area contributed by atoms with Gasteiger partial charge in [0, 0.05) is 6.42 Å². The number of aromatic amines is 1. The van der Waals surface area contributed by atoms with E-state index in [0.29, 0.717) is 12.2 Å². The van der Waals surface area contributed by atoms with Crippen LogP contribution in [0.4, 0.5) is 13.2 Å². The normalized spacial score (nSPS) is 12.2. The summed E-state index contributed by atoms with van der Waals surface area (Å²) in [5.74, 6) is -1.57. The third-order valence-corrected chi connectivity index (χ3v) is 3.13. The lowest BCUT2D eigenvalue weighted by atomic mass is 10.1. The number of H-pyrrole nitrogens is 1. The molecule has 146 valence electrons. The number of nitrogens with zero attached hydrogens (tertiary/aromatic N) is 3. The molecule has 2 aromatic rings. The zero-order chi connectivity index (χ0) is 20.3. The number of halogens is 3. The van der Waals surface area contributed by atoms with E-state index in [1.165, 1.54) is 10.9 Å². The van der Waals surface area contributed by atoms with Gasteiger partial charge in [-0.25, -0.2) is 9.67 Å². The van der Waals surface area contributed by atoms with E-state index in [4.69, 9.17) is 0 Å². The number of hydrogen-bond acceptors (Lipinski definition) is 3. The van der Waals surface area contributed by atoms with Crippen molar-refractivity contribution >= 4 is 11.0 Å². The number of aromatic nitrogens is 4. The number of allylic oxidation sites excluding steroid dienone is 3. The van der Waals surface area contributed by atoms with Crippen LogP contribution in [0.2, 0.25) is 0 Å². The second kappa shape index (κ2) is 11.3. The molecule has 1 atom stereocenters. The molecule has 0 amide bonds. The first-order valence-corrected chi connectivity index (χ1v) is 8.44. The van der Waals surface area contributed by atoms with Gasteiger partial charge in [0.25, 0.3) is 5.56 Å². The Kier molecular flexibility index (Phi) is 10.2. The molecule has 0 fully saturated rings. The van der Waals surface area contributed by atoms with Crippen molar-refractivity contribution in [2.75, 3.05) is 0 Å². The van der Waals surface area contributed by atoms with Crippen molar-refractivity contribution in [3.63, 3.8) is 0 Å². The molecule has 26 heavy (non-hydrogen) atoms. The lowest BCUT2D eigenvalue weighted by Crippen LogP contribution is -2.24. The Bertz CT molecular complexity index is 760. The van der Waals surface area contributed by atoms with Crippen LogP contribution in [0.25, 0.3) is 11.0 Å². The van der Waals surface area contributed by atoms with Gasteiger partial charge in [-0.05, 0) is 13.8 Å². The van der Waals surface area contributed by atoms with Gasteiger partial charge in [0.1, 0.15) is 11.2 Å². The molecule has 2 heterocycles. The summed E-state index contributed by atoms with van der Waals surface area (Å²) in [6.07, 6.45) is 2.05. The fourth-order valence-electron chi connectivity index (χ4n) is 1.85. The minimum absolute atomic E-state index is 0.0135. The molecule has 0 radical (unpaired) electrons. The van der Waals surface area contributed by atoms with Gasteiger partial charge in [0.15, 0.2) is 5.65 Å². The summed E-state index contributed by atoms with van der Waals surface area (Å²) in [6.45, 7) is 12.5. The molecule has 0 spiro atoms. The lowest BCUT2D eigenvalue weighted by molar-refractivity contribution is -0.169. The lowest BCUT2D eigenvalue weighted by Gasteiger charge is -2.14. The van der Waals surface area contributed by atoms with Gasteiger partial charge in [0.2, 0.25) is 0 Å². The third-order valence-electron chi connectivity index (χ3n) is 3.13. The maximum Gasteiger partial charge on any atom is 0.391 e. The molecule has 0 aliphatic rings. The summed E-state index contributed by atoms with van der Waals surface area (Å²) >= 11 is 0. The van der Waals surface area contributed by atoms with Crippen LogP contribution >= 0.6 is 0 Å². The van der Waals surface area contributed by atoms with Crippen LogP contribution in [-0.4, -0.2) is 25.9 Å². The summed E-state index contributed by atoms with van der Waals surface area (Å²) in [5, 5.41) is 4.29. The Hall–Kier alpha value is -2.38. The van der Waals surface area contributed by atoms with Crippen LogP contribution in [0.3, 0.4) is 0 Å². The fraction of sp³-hybridized carbons (Fsp3) is 0.500. The van der Waals surface area contributed by atoms with Gasteiger partial charge < -0.3 is 4.98 Å². The van der Waals surface area contributed by atoms with Gasteiger partial charge in [-0.2, -0.15) is 18.3 Å². The largest absolute Gasteiger partial charge is 0.391 e. The molecule has 1 unspecified atom stereocenters. The molecular weight excluding hydrogens is 345 g/mol. The average Bonchev–Trinajstić information content (AvgIpc) is 2.98. The van der Waals surface area contributed by atoms with Gasteiger partial charge in [-0.3, -0.25) is 4.79 Å². The molecule has 2 rings (SSSR count). The minimum Gasteiger partial charge on any atom is -0.310 e. The minimum atomic E-state index is -4.32. The van der Waals surface area contributed by atoms with E-state index in [0.717, 1.165) is 6.92 Å². The number of rotatable bonds is 4. The highest BCUT2D eigenvalue weighted by Gasteiger charge is 2.36. The van der Waals surface area contributed by atoms with Gasteiger partial charge >= 0.3 is 6.18 Å². The molecule has 5 nitrogen and oxygen atoms in total. The molecule has 0 aliphatic heterocycles.